The zero-order valence-corrected chi connectivity index (χ0v) is 33.4. The van der Waals surface area contributed by atoms with Crippen molar-refractivity contribution in [1.82, 2.24) is 18.9 Å². The van der Waals surface area contributed by atoms with Crippen molar-refractivity contribution in [2.24, 2.45) is 0 Å². The summed E-state index contributed by atoms with van der Waals surface area (Å²) in [5, 5.41) is 0. The summed E-state index contributed by atoms with van der Waals surface area (Å²) in [5.74, 6) is 1.98. The molecule has 2 fully saturated rings. The number of pyridine rings is 2. The maximum Gasteiger partial charge on any atom is 0.258 e. The SMILES string of the molecule is CC(C)N1CC(Oc2ccc(-n3ccc(OCc4ccc(F)cc4)cc3=O)cc2)C1.CCN1CC(Oc2ccc(-n3ccc(OCc4ccc(F)cc4)cc3=O)cc2)C1. The van der Waals surface area contributed by atoms with E-state index in [2.05, 4.69) is 30.6 Å². The maximum atomic E-state index is 13.0. The Morgan fingerprint density at radius 1 is 0.559 bits per heavy atom. The van der Waals surface area contributed by atoms with Gasteiger partial charge in [0.05, 0.1) is 0 Å². The first-order valence-corrected chi connectivity index (χ1v) is 19.8. The second kappa shape index (κ2) is 19.0. The van der Waals surface area contributed by atoms with E-state index in [0.29, 0.717) is 17.5 Å². The number of nitrogens with zero attached hydrogens (tertiary/aromatic N) is 4. The summed E-state index contributed by atoms with van der Waals surface area (Å²) in [7, 11) is 0. The molecule has 0 radical (unpaired) electrons. The van der Waals surface area contributed by atoms with Gasteiger partial charge in [-0.3, -0.25) is 28.5 Å². The van der Waals surface area contributed by atoms with Crippen LogP contribution in [-0.2, 0) is 13.2 Å². The van der Waals surface area contributed by atoms with Crippen molar-refractivity contribution < 1.29 is 27.7 Å². The zero-order chi connectivity index (χ0) is 41.3. The number of hydrogen-bond acceptors (Lipinski definition) is 8. The molecule has 4 heterocycles. The lowest BCUT2D eigenvalue weighted by Crippen LogP contribution is -2.56. The van der Waals surface area contributed by atoms with Gasteiger partial charge in [-0.05, 0) is 116 Å². The van der Waals surface area contributed by atoms with Crippen LogP contribution in [0.3, 0.4) is 0 Å². The summed E-state index contributed by atoms with van der Waals surface area (Å²) >= 11 is 0. The first kappa shape index (κ1) is 40.9. The number of aromatic nitrogens is 2. The van der Waals surface area contributed by atoms with Crippen LogP contribution in [0.1, 0.15) is 31.9 Å². The predicted octanol–water partition coefficient (Wildman–Crippen LogP) is 7.67. The van der Waals surface area contributed by atoms with Gasteiger partial charge in [0.25, 0.3) is 11.1 Å². The first-order chi connectivity index (χ1) is 28.6. The van der Waals surface area contributed by atoms with Crippen LogP contribution >= 0.6 is 0 Å². The molecule has 10 nitrogen and oxygen atoms in total. The third-order valence-electron chi connectivity index (χ3n) is 10.2. The van der Waals surface area contributed by atoms with Gasteiger partial charge in [-0.25, -0.2) is 8.78 Å². The Morgan fingerprint density at radius 2 is 0.966 bits per heavy atom. The predicted molar refractivity (Wildman–Crippen MR) is 223 cm³/mol. The van der Waals surface area contributed by atoms with E-state index in [1.807, 2.05) is 48.5 Å². The fourth-order valence-corrected chi connectivity index (χ4v) is 6.60. The van der Waals surface area contributed by atoms with Crippen LogP contribution in [0.25, 0.3) is 11.4 Å². The Bertz CT molecular complexity index is 2390. The molecule has 0 spiro atoms. The lowest BCUT2D eigenvalue weighted by atomic mass is 10.1. The fourth-order valence-electron chi connectivity index (χ4n) is 6.60. The normalized spacial score (nSPS) is 14.5. The molecule has 0 atom stereocenters. The van der Waals surface area contributed by atoms with Crippen molar-refractivity contribution in [2.45, 2.75) is 52.2 Å². The Morgan fingerprint density at radius 3 is 1.34 bits per heavy atom. The van der Waals surface area contributed by atoms with E-state index in [1.54, 1.807) is 57.9 Å². The number of rotatable bonds is 14. The number of likely N-dealkylation sites (tertiary alicyclic amines) is 2. The molecular weight excluding hydrogens is 755 g/mol. The molecule has 2 aliphatic heterocycles. The summed E-state index contributed by atoms with van der Waals surface area (Å²) in [6, 6.07) is 34.1. The van der Waals surface area contributed by atoms with Crippen LogP contribution in [0.5, 0.6) is 23.0 Å². The molecule has 2 aliphatic rings. The van der Waals surface area contributed by atoms with Crippen LogP contribution < -0.4 is 30.1 Å². The molecule has 6 aromatic rings. The quantitative estimate of drug-likeness (QED) is 0.111. The molecular formula is C47H48F2N4O6. The highest BCUT2D eigenvalue weighted by molar-refractivity contribution is 5.40. The van der Waals surface area contributed by atoms with Gasteiger partial charge < -0.3 is 18.9 Å². The monoisotopic (exact) mass is 802 g/mol. The molecule has 8 rings (SSSR count). The molecule has 2 saturated heterocycles. The van der Waals surface area contributed by atoms with Gasteiger partial charge in [-0.15, -0.1) is 0 Å². The van der Waals surface area contributed by atoms with Gasteiger partial charge in [0.15, 0.2) is 0 Å². The zero-order valence-electron chi connectivity index (χ0n) is 33.4. The minimum absolute atomic E-state index is 0.187. The van der Waals surface area contributed by atoms with Crippen molar-refractivity contribution in [3.63, 3.8) is 0 Å². The summed E-state index contributed by atoms with van der Waals surface area (Å²) in [5.41, 5.74) is 2.81. The molecule has 59 heavy (non-hydrogen) atoms. The van der Waals surface area contributed by atoms with Crippen molar-refractivity contribution in [3.05, 3.63) is 177 Å². The van der Waals surface area contributed by atoms with Gasteiger partial charge in [-0.2, -0.15) is 0 Å². The number of ether oxygens (including phenoxy) is 4. The molecule has 2 aromatic heterocycles. The minimum atomic E-state index is -0.289. The second-order valence-corrected chi connectivity index (χ2v) is 14.8. The number of benzene rings is 4. The summed E-state index contributed by atoms with van der Waals surface area (Å²) in [4.78, 5) is 29.7. The number of halogens is 2. The van der Waals surface area contributed by atoms with Crippen molar-refractivity contribution in [3.8, 4) is 34.4 Å². The lowest BCUT2D eigenvalue weighted by Gasteiger charge is -2.41. The molecule has 0 amide bonds. The first-order valence-electron chi connectivity index (χ1n) is 19.8. The molecule has 0 bridgehead atoms. The largest absolute Gasteiger partial charge is 0.489 e. The van der Waals surface area contributed by atoms with Gasteiger partial charge in [0.1, 0.15) is 60.1 Å². The number of likely N-dealkylation sites (N-methyl/N-ethyl adjacent to an activating group) is 1. The third-order valence-corrected chi connectivity index (χ3v) is 10.2. The number of hydrogen-bond donors (Lipinski definition) is 0. The van der Waals surface area contributed by atoms with E-state index in [9.17, 15) is 18.4 Å². The molecule has 4 aromatic carbocycles. The standard InChI is InChI=1S/C24H25FN2O3.C23H23FN2O3/c1-17(2)26-14-23(15-26)30-21-9-7-20(8-10-21)27-12-11-22(13-24(27)28)29-16-18-3-5-19(25)6-4-18;1-2-25-14-22(15-25)29-20-9-7-19(8-10-20)26-12-11-21(13-23(26)27)28-16-17-3-5-18(24)6-4-17/h3-13,17,23H,14-16H2,1-2H3;3-13,22H,2,14-16H2,1H3. The average molecular weight is 803 g/mol. The van der Waals surface area contributed by atoms with E-state index in [1.165, 1.54) is 36.4 Å². The highest BCUT2D eigenvalue weighted by Gasteiger charge is 2.30. The van der Waals surface area contributed by atoms with Gasteiger partial charge in [0.2, 0.25) is 0 Å². The van der Waals surface area contributed by atoms with E-state index >= 15 is 0 Å². The highest BCUT2D eigenvalue weighted by Crippen LogP contribution is 2.23. The van der Waals surface area contributed by atoms with Crippen molar-refractivity contribution in [2.75, 3.05) is 32.7 Å². The molecule has 0 N–H and O–H groups in total. The van der Waals surface area contributed by atoms with Crippen molar-refractivity contribution in [1.29, 1.82) is 0 Å². The van der Waals surface area contributed by atoms with Gasteiger partial charge >= 0.3 is 0 Å². The second-order valence-electron chi connectivity index (χ2n) is 14.8. The molecule has 306 valence electrons. The lowest BCUT2D eigenvalue weighted by molar-refractivity contribution is 0.000153. The van der Waals surface area contributed by atoms with E-state index in [-0.39, 0.29) is 48.2 Å². The third kappa shape index (κ3) is 11.0. The van der Waals surface area contributed by atoms with Crippen LogP contribution in [0, 0.1) is 11.6 Å². The Labute approximate surface area is 342 Å². The highest BCUT2D eigenvalue weighted by atomic mass is 19.1. The fraction of sp³-hybridized carbons (Fsp3) is 0.277. The molecule has 0 saturated carbocycles. The van der Waals surface area contributed by atoms with Gasteiger partial charge in [-0.1, -0.05) is 31.2 Å². The molecule has 0 unspecified atom stereocenters. The van der Waals surface area contributed by atoms with Crippen LogP contribution in [-0.4, -0.2) is 69.9 Å². The van der Waals surface area contributed by atoms with E-state index < -0.39 is 0 Å². The summed E-state index contributed by atoms with van der Waals surface area (Å²) in [6.07, 6.45) is 3.83. The van der Waals surface area contributed by atoms with E-state index in [4.69, 9.17) is 18.9 Å². The van der Waals surface area contributed by atoms with E-state index in [0.717, 1.165) is 66.7 Å². The smallest absolute Gasteiger partial charge is 0.258 e. The Hall–Kier alpha value is -6.24. The Kier molecular flexibility index (Phi) is 13.2. The molecule has 0 aliphatic carbocycles. The minimum Gasteiger partial charge on any atom is -0.489 e. The van der Waals surface area contributed by atoms with Crippen LogP contribution in [0.2, 0.25) is 0 Å². The summed E-state index contributed by atoms with van der Waals surface area (Å²) in [6.45, 7) is 11.9. The van der Waals surface area contributed by atoms with Gasteiger partial charge in [0, 0.05) is 68.1 Å². The van der Waals surface area contributed by atoms with Crippen molar-refractivity contribution >= 4 is 0 Å². The Balaban J connectivity index is 0.000000179. The van der Waals surface area contributed by atoms with Crippen LogP contribution in [0.15, 0.2) is 143 Å². The summed E-state index contributed by atoms with van der Waals surface area (Å²) < 4.78 is 52.2. The molecule has 12 heteroatoms. The van der Waals surface area contributed by atoms with Crippen LogP contribution in [0.4, 0.5) is 8.78 Å². The topological polar surface area (TPSA) is 87.4 Å². The maximum absolute atomic E-state index is 13.0. The average Bonchev–Trinajstić information content (AvgIpc) is 3.21.